The lowest BCUT2D eigenvalue weighted by Gasteiger charge is -2.07. The van der Waals surface area contributed by atoms with Crippen LogP contribution in [-0.2, 0) is 0 Å². The summed E-state index contributed by atoms with van der Waals surface area (Å²) in [5, 5.41) is 6.68. The van der Waals surface area contributed by atoms with Gasteiger partial charge in [-0.2, -0.15) is 0 Å². The van der Waals surface area contributed by atoms with Crippen LogP contribution < -0.4 is 10.6 Å². The van der Waals surface area contributed by atoms with E-state index in [2.05, 4.69) is 27.5 Å². The van der Waals surface area contributed by atoms with Gasteiger partial charge in [-0.05, 0) is 25.5 Å². The van der Waals surface area contributed by atoms with Crippen molar-refractivity contribution in [2.24, 2.45) is 0 Å². The van der Waals surface area contributed by atoms with Crippen LogP contribution in [0.2, 0.25) is 5.02 Å². The molecule has 0 atom stereocenters. The SMILES string of the molecule is CCCNc1ccc(Cl)c(C(=O)Nc2ncc(C)s2)n1. The lowest BCUT2D eigenvalue weighted by atomic mass is 10.3. The van der Waals surface area contributed by atoms with Crippen LogP contribution in [0, 0.1) is 6.92 Å². The number of halogens is 1. The van der Waals surface area contributed by atoms with Gasteiger partial charge < -0.3 is 5.32 Å². The zero-order valence-electron chi connectivity index (χ0n) is 11.2. The first-order chi connectivity index (χ1) is 9.60. The van der Waals surface area contributed by atoms with Gasteiger partial charge in [0.15, 0.2) is 5.13 Å². The van der Waals surface area contributed by atoms with Crippen LogP contribution in [-0.4, -0.2) is 22.4 Å². The quantitative estimate of drug-likeness (QED) is 0.886. The molecule has 0 saturated carbocycles. The second-order valence-electron chi connectivity index (χ2n) is 4.18. The van der Waals surface area contributed by atoms with Gasteiger partial charge in [-0.25, -0.2) is 9.97 Å². The molecule has 7 heteroatoms. The van der Waals surface area contributed by atoms with Gasteiger partial charge in [-0.3, -0.25) is 10.1 Å². The van der Waals surface area contributed by atoms with Crippen LogP contribution in [0.15, 0.2) is 18.3 Å². The van der Waals surface area contributed by atoms with Gasteiger partial charge in [0.1, 0.15) is 11.5 Å². The summed E-state index contributed by atoms with van der Waals surface area (Å²) in [5.41, 5.74) is 0.195. The summed E-state index contributed by atoms with van der Waals surface area (Å²) in [5.74, 6) is 0.279. The highest BCUT2D eigenvalue weighted by Crippen LogP contribution is 2.21. The van der Waals surface area contributed by atoms with Crippen molar-refractivity contribution in [2.75, 3.05) is 17.2 Å². The Hall–Kier alpha value is -1.66. The Morgan fingerprint density at radius 1 is 1.45 bits per heavy atom. The van der Waals surface area contributed by atoms with E-state index in [-0.39, 0.29) is 11.6 Å². The van der Waals surface area contributed by atoms with E-state index in [1.165, 1.54) is 11.3 Å². The number of aryl methyl sites for hydroxylation is 1. The molecule has 0 saturated heterocycles. The van der Waals surface area contributed by atoms with E-state index in [4.69, 9.17) is 11.6 Å². The van der Waals surface area contributed by atoms with Crippen molar-refractivity contribution in [1.29, 1.82) is 0 Å². The first kappa shape index (κ1) is 14.7. The molecular formula is C13H15ClN4OS. The second kappa shape index (κ2) is 6.67. The smallest absolute Gasteiger partial charge is 0.277 e. The number of hydrogen-bond acceptors (Lipinski definition) is 5. The Balaban J connectivity index is 2.15. The first-order valence-electron chi connectivity index (χ1n) is 6.24. The van der Waals surface area contributed by atoms with E-state index in [1.807, 2.05) is 6.92 Å². The summed E-state index contributed by atoms with van der Waals surface area (Å²) in [7, 11) is 0. The van der Waals surface area contributed by atoms with Gasteiger partial charge in [0.25, 0.3) is 5.91 Å². The molecule has 5 nitrogen and oxygen atoms in total. The third-order valence-electron chi connectivity index (χ3n) is 2.46. The number of carbonyl (C=O) groups excluding carboxylic acids is 1. The Morgan fingerprint density at radius 3 is 2.90 bits per heavy atom. The van der Waals surface area contributed by atoms with E-state index in [9.17, 15) is 4.79 Å². The number of aromatic nitrogens is 2. The monoisotopic (exact) mass is 310 g/mol. The van der Waals surface area contributed by atoms with Crippen molar-refractivity contribution in [3.63, 3.8) is 0 Å². The molecule has 0 aliphatic rings. The van der Waals surface area contributed by atoms with E-state index < -0.39 is 0 Å². The van der Waals surface area contributed by atoms with Gasteiger partial charge in [0.2, 0.25) is 0 Å². The van der Waals surface area contributed by atoms with Crippen molar-refractivity contribution >= 4 is 39.8 Å². The molecule has 2 aromatic heterocycles. The van der Waals surface area contributed by atoms with E-state index in [0.29, 0.717) is 16.0 Å². The Kier molecular flexibility index (Phi) is 4.92. The molecule has 20 heavy (non-hydrogen) atoms. The van der Waals surface area contributed by atoms with Gasteiger partial charge in [0.05, 0.1) is 5.02 Å². The number of thiazole rings is 1. The largest absolute Gasteiger partial charge is 0.370 e. The fourth-order valence-electron chi connectivity index (χ4n) is 1.52. The molecule has 106 valence electrons. The summed E-state index contributed by atoms with van der Waals surface area (Å²) in [6.07, 6.45) is 2.68. The summed E-state index contributed by atoms with van der Waals surface area (Å²) < 4.78 is 0. The summed E-state index contributed by atoms with van der Waals surface area (Å²) >= 11 is 7.43. The second-order valence-corrected chi connectivity index (χ2v) is 5.83. The third-order valence-corrected chi connectivity index (χ3v) is 3.59. The molecular weight excluding hydrogens is 296 g/mol. The minimum Gasteiger partial charge on any atom is -0.370 e. The van der Waals surface area contributed by atoms with Gasteiger partial charge in [-0.15, -0.1) is 11.3 Å². The van der Waals surface area contributed by atoms with Crippen molar-refractivity contribution in [2.45, 2.75) is 20.3 Å². The zero-order chi connectivity index (χ0) is 14.5. The number of pyridine rings is 1. The molecule has 1 amide bonds. The van der Waals surface area contributed by atoms with Crippen LogP contribution in [0.3, 0.4) is 0 Å². The van der Waals surface area contributed by atoms with Crippen molar-refractivity contribution in [3.05, 3.63) is 33.9 Å². The predicted octanol–water partition coefficient (Wildman–Crippen LogP) is 3.57. The number of carbonyl (C=O) groups is 1. The Morgan fingerprint density at radius 2 is 2.25 bits per heavy atom. The maximum atomic E-state index is 12.2. The molecule has 2 heterocycles. The van der Waals surface area contributed by atoms with Crippen LogP contribution in [0.4, 0.5) is 10.9 Å². The van der Waals surface area contributed by atoms with Crippen molar-refractivity contribution in [1.82, 2.24) is 9.97 Å². The lowest BCUT2D eigenvalue weighted by molar-refractivity contribution is 0.102. The van der Waals surface area contributed by atoms with Crippen LogP contribution in [0.1, 0.15) is 28.7 Å². The molecule has 0 spiro atoms. The van der Waals surface area contributed by atoms with E-state index in [1.54, 1.807) is 18.3 Å². The molecule has 0 radical (unpaired) electrons. The molecule has 0 fully saturated rings. The summed E-state index contributed by atoms with van der Waals surface area (Å²) in [4.78, 5) is 21.5. The Labute approximate surface area is 126 Å². The predicted molar refractivity (Wildman–Crippen MR) is 82.8 cm³/mol. The summed E-state index contributed by atoms with van der Waals surface area (Å²) in [6.45, 7) is 4.77. The van der Waals surface area contributed by atoms with Crippen LogP contribution >= 0.6 is 22.9 Å². The number of nitrogens with zero attached hydrogens (tertiary/aromatic N) is 2. The fraction of sp³-hybridized carbons (Fsp3) is 0.308. The number of hydrogen-bond donors (Lipinski definition) is 2. The van der Waals surface area contributed by atoms with E-state index >= 15 is 0 Å². The number of amides is 1. The standard InChI is InChI=1S/C13H15ClN4OS/c1-3-6-15-10-5-4-9(14)11(17-10)12(19)18-13-16-7-8(2)20-13/h4-5,7H,3,6H2,1-2H3,(H,15,17)(H,16,18,19). The molecule has 2 aromatic rings. The van der Waals surface area contributed by atoms with Crippen molar-refractivity contribution in [3.8, 4) is 0 Å². The van der Waals surface area contributed by atoms with E-state index in [0.717, 1.165) is 17.8 Å². The Bertz CT molecular complexity index is 614. The highest BCUT2D eigenvalue weighted by Gasteiger charge is 2.14. The number of anilines is 2. The average Bonchev–Trinajstić information content (AvgIpc) is 2.83. The average molecular weight is 311 g/mol. The molecule has 2 rings (SSSR count). The van der Waals surface area contributed by atoms with Crippen LogP contribution in [0.25, 0.3) is 0 Å². The topological polar surface area (TPSA) is 66.9 Å². The maximum Gasteiger partial charge on any atom is 0.277 e. The van der Waals surface area contributed by atoms with Crippen molar-refractivity contribution < 1.29 is 4.79 Å². The highest BCUT2D eigenvalue weighted by molar-refractivity contribution is 7.15. The van der Waals surface area contributed by atoms with Gasteiger partial charge in [-0.1, -0.05) is 18.5 Å². The third kappa shape index (κ3) is 3.68. The van der Waals surface area contributed by atoms with Gasteiger partial charge >= 0.3 is 0 Å². The highest BCUT2D eigenvalue weighted by atomic mass is 35.5. The van der Waals surface area contributed by atoms with Gasteiger partial charge in [0, 0.05) is 17.6 Å². The fourth-order valence-corrected chi connectivity index (χ4v) is 2.37. The first-order valence-corrected chi connectivity index (χ1v) is 7.43. The minimum atomic E-state index is -0.357. The zero-order valence-corrected chi connectivity index (χ0v) is 12.8. The molecule has 0 unspecified atom stereocenters. The molecule has 0 bridgehead atoms. The molecule has 0 aliphatic heterocycles. The summed E-state index contributed by atoms with van der Waals surface area (Å²) in [6, 6.07) is 3.41. The molecule has 0 aliphatic carbocycles. The molecule has 0 aromatic carbocycles. The lowest BCUT2D eigenvalue weighted by Crippen LogP contribution is -2.15. The maximum absolute atomic E-state index is 12.2. The number of rotatable bonds is 5. The van der Waals surface area contributed by atoms with Crippen LogP contribution in [0.5, 0.6) is 0 Å². The number of nitrogens with one attached hydrogen (secondary N) is 2. The normalized spacial score (nSPS) is 10.3. The molecule has 2 N–H and O–H groups in total. The minimum absolute atomic E-state index is 0.195.